The van der Waals surface area contributed by atoms with Crippen LogP contribution in [-0.4, -0.2) is 34.5 Å². The molecule has 150 valence electrons. The number of rotatable bonds is 1. The number of aliphatic hydroxyl groups is 2. The lowest BCUT2D eigenvalue weighted by Crippen LogP contribution is -2.62. The van der Waals surface area contributed by atoms with E-state index < -0.39 is 5.60 Å². The van der Waals surface area contributed by atoms with Gasteiger partial charge < -0.3 is 14.9 Å². The van der Waals surface area contributed by atoms with E-state index in [0.717, 1.165) is 56.9 Å². The molecule has 0 unspecified atom stereocenters. The van der Waals surface area contributed by atoms with E-state index in [4.69, 9.17) is 4.74 Å². The number of carbonyl (C=O) groups is 1. The number of aliphatic hydroxyl groups excluding tert-OH is 1. The van der Waals surface area contributed by atoms with Crippen molar-refractivity contribution in [2.75, 3.05) is 6.61 Å². The summed E-state index contributed by atoms with van der Waals surface area (Å²) in [7, 11) is 0. The lowest BCUT2D eigenvalue weighted by molar-refractivity contribution is -0.208. The third-order valence-corrected chi connectivity index (χ3v) is 9.96. The second kappa shape index (κ2) is 5.82. The predicted molar refractivity (Wildman–Crippen MR) is 102 cm³/mol. The molecule has 0 bridgehead atoms. The maximum Gasteiger partial charge on any atom is 0.331 e. The van der Waals surface area contributed by atoms with Crippen molar-refractivity contribution in [3.63, 3.8) is 0 Å². The highest BCUT2D eigenvalue weighted by molar-refractivity contribution is 5.85. The number of carbonyl (C=O) groups excluding carboxylic acids is 1. The Morgan fingerprint density at radius 2 is 1.85 bits per heavy atom. The van der Waals surface area contributed by atoms with Gasteiger partial charge in [-0.1, -0.05) is 13.8 Å². The third kappa shape index (κ3) is 2.32. The fraction of sp³-hybridized carbons (Fsp3) is 0.870. The minimum absolute atomic E-state index is 0.126. The SMILES string of the molecule is C[C@@]12CC[C@H](O)C[C@@H]1CC[C@H]1[C@H]2CC[C@@]2(C)[C@@H](C3=CC(=O)OC3)CC[C@]12O. The second-order valence-corrected chi connectivity index (χ2v) is 10.7. The molecule has 0 aromatic heterocycles. The van der Waals surface area contributed by atoms with Crippen LogP contribution in [0.5, 0.6) is 0 Å². The van der Waals surface area contributed by atoms with Gasteiger partial charge in [-0.25, -0.2) is 4.79 Å². The lowest BCUT2D eigenvalue weighted by atomic mass is 9.43. The summed E-state index contributed by atoms with van der Waals surface area (Å²) in [6.07, 6.45) is 10.8. The molecule has 2 N–H and O–H groups in total. The fourth-order valence-electron chi connectivity index (χ4n) is 8.39. The van der Waals surface area contributed by atoms with Crippen LogP contribution in [0.1, 0.15) is 71.6 Å². The van der Waals surface area contributed by atoms with Crippen LogP contribution >= 0.6 is 0 Å². The van der Waals surface area contributed by atoms with E-state index in [2.05, 4.69) is 13.8 Å². The number of cyclic esters (lactones) is 1. The van der Waals surface area contributed by atoms with Crippen molar-refractivity contribution in [3.8, 4) is 0 Å². The van der Waals surface area contributed by atoms with Gasteiger partial charge in [0.05, 0.1) is 11.7 Å². The zero-order chi connectivity index (χ0) is 19.0. The first-order valence-corrected chi connectivity index (χ1v) is 11.1. The quantitative estimate of drug-likeness (QED) is 0.688. The molecule has 0 aromatic carbocycles. The zero-order valence-corrected chi connectivity index (χ0v) is 16.7. The van der Waals surface area contributed by atoms with E-state index in [-0.39, 0.29) is 28.8 Å². The minimum Gasteiger partial charge on any atom is -0.458 e. The number of hydrogen-bond donors (Lipinski definition) is 2. The molecule has 0 spiro atoms. The molecule has 4 heteroatoms. The molecule has 4 fully saturated rings. The van der Waals surface area contributed by atoms with Crippen molar-refractivity contribution in [1.82, 2.24) is 0 Å². The van der Waals surface area contributed by atoms with E-state index in [0.29, 0.717) is 24.4 Å². The Bertz CT molecular complexity index is 686. The molecule has 5 aliphatic rings. The average molecular weight is 375 g/mol. The average Bonchev–Trinajstić information content (AvgIpc) is 3.16. The van der Waals surface area contributed by atoms with Gasteiger partial charge in [-0.05, 0) is 92.4 Å². The van der Waals surface area contributed by atoms with Crippen molar-refractivity contribution in [2.24, 2.45) is 34.5 Å². The van der Waals surface area contributed by atoms with Gasteiger partial charge in [-0.3, -0.25) is 0 Å². The summed E-state index contributed by atoms with van der Waals surface area (Å²) < 4.78 is 5.20. The molecular weight excluding hydrogens is 340 g/mol. The van der Waals surface area contributed by atoms with Crippen LogP contribution in [0.15, 0.2) is 11.6 Å². The second-order valence-electron chi connectivity index (χ2n) is 10.7. The first-order chi connectivity index (χ1) is 12.8. The predicted octanol–water partition coefficient (Wildman–Crippen LogP) is 3.60. The minimum atomic E-state index is -0.628. The molecule has 0 aromatic rings. The smallest absolute Gasteiger partial charge is 0.331 e. The van der Waals surface area contributed by atoms with Crippen molar-refractivity contribution >= 4 is 5.97 Å². The third-order valence-electron chi connectivity index (χ3n) is 9.96. The Kier molecular flexibility index (Phi) is 3.92. The van der Waals surface area contributed by atoms with E-state index >= 15 is 0 Å². The molecule has 4 nitrogen and oxygen atoms in total. The number of hydrogen-bond acceptors (Lipinski definition) is 4. The highest BCUT2D eigenvalue weighted by atomic mass is 16.5. The molecule has 4 saturated carbocycles. The molecular formula is C23H34O4. The Balaban J connectivity index is 1.47. The maximum atomic E-state index is 12.1. The van der Waals surface area contributed by atoms with Gasteiger partial charge in [0.1, 0.15) is 6.61 Å². The van der Waals surface area contributed by atoms with Crippen molar-refractivity contribution in [3.05, 3.63) is 11.6 Å². The Hall–Kier alpha value is -0.870. The van der Waals surface area contributed by atoms with Crippen molar-refractivity contribution < 1.29 is 19.7 Å². The molecule has 5 rings (SSSR count). The van der Waals surface area contributed by atoms with Gasteiger partial charge in [0.2, 0.25) is 0 Å². The topological polar surface area (TPSA) is 66.8 Å². The molecule has 1 aliphatic heterocycles. The van der Waals surface area contributed by atoms with Crippen LogP contribution in [0.25, 0.3) is 0 Å². The van der Waals surface area contributed by atoms with Gasteiger partial charge in [0, 0.05) is 11.5 Å². The highest BCUT2D eigenvalue weighted by Crippen LogP contribution is 2.69. The van der Waals surface area contributed by atoms with E-state index in [1.54, 1.807) is 6.08 Å². The number of ether oxygens (including phenoxy) is 1. The number of esters is 1. The largest absolute Gasteiger partial charge is 0.458 e. The van der Waals surface area contributed by atoms with Crippen molar-refractivity contribution in [2.45, 2.75) is 83.3 Å². The van der Waals surface area contributed by atoms with E-state index in [9.17, 15) is 15.0 Å². The fourth-order valence-corrected chi connectivity index (χ4v) is 8.39. The van der Waals surface area contributed by atoms with Crippen molar-refractivity contribution in [1.29, 1.82) is 0 Å². The summed E-state index contributed by atoms with van der Waals surface area (Å²) in [6, 6.07) is 0. The van der Waals surface area contributed by atoms with Crippen LogP contribution < -0.4 is 0 Å². The monoisotopic (exact) mass is 374 g/mol. The zero-order valence-electron chi connectivity index (χ0n) is 16.7. The van der Waals surface area contributed by atoms with E-state index in [1.165, 1.54) is 6.42 Å². The van der Waals surface area contributed by atoms with Crippen LogP contribution in [0.3, 0.4) is 0 Å². The molecule has 0 radical (unpaired) electrons. The standard InChI is InChI=1S/C23H34O4/c1-21-8-5-16(24)12-15(21)3-4-19-18(21)6-9-22(2)17(7-10-23(19,22)26)14-11-20(25)27-13-14/h11,15-19,24,26H,3-10,12-13H2,1-2H3/t15-,16-,17+,18+,19-,21+,22-,23-/m0/s1. The first kappa shape index (κ1) is 18.2. The van der Waals surface area contributed by atoms with Gasteiger partial charge in [-0.2, -0.15) is 0 Å². The maximum absolute atomic E-state index is 12.1. The lowest BCUT2D eigenvalue weighted by Gasteiger charge is -2.63. The summed E-state index contributed by atoms with van der Waals surface area (Å²) >= 11 is 0. The summed E-state index contributed by atoms with van der Waals surface area (Å²) in [5.74, 6) is 1.59. The molecule has 4 aliphatic carbocycles. The summed E-state index contributed by atoms with van der Waals surface area (Å²) in [5, 5.41) is 22.3. The Morgan fingerprint density at radius 1 is 1.04 bits per heavy atom. The molecule has 1 heterocycles. The van der Waals surface area contributed by atoms with E-state index in [1.807, 2.05) is 0 Å². The van der Waals surface area contributed by atoms with Gasteiger partial charge in [0.25, 0.3) is 0 Å². The molecule has 0 saturated heterocycles. The molecule has 27 heavy (non-hydrogen) atoms. The van der Waals surface area contributed by atoms with Gasteiger partial charge >= 0.3 is 5.97 Å². The summed E-state index contributed by atoms with van der Waals surface area (Å²) in [6.45, 7) is 5.15. The Morgan fingerprint density at radius 3 is 2.59 bits per heavy atom. The van der Waals surface area contributed by atoms with Crippen LogP contribution in [0, 0.1) is 34.5 Å². The summed E-state index contributed by atoms with van der Waals surface area (Å²) in [4.78, 5) is 11.6. The first-order valence-electron chi connectivity index (χ1n) is 11.1. The van der Waals surface area contributed by atoms with Gasteiger partial charge in [0.15, 0.2) is 0 Å². The number of fused-ring (bicyclic) bond motifs is 5. The van der Waals surface area contributed by atoms with Crippen LogP contribution in [0.4, 0.5) is 0 Å². The Labute approximate surface area is 162 Å². The van der Waals surface area contributed by atoms with Gasteiger partial charge in [-0.15, -0.1) is 0 Å². The molecule has 8 atom stereocenters. The van der Waals surface area contributed by atoms with Crippen LogP contribution in [0.2, 0.25) is 0 Å². The molecule has 0 amide bonds. The summed E-state index contributed by atoms with van der Waals surface area (Å²) in [5.41, 5.74) is 0.600. The normalized spacial score (nSPS) is 54.6. The highest BCUT2D eigenvalue weighted by Gasteiger charge is 2.67. The van der Waals surface area contributed by atoms with Crippen LogP contribution in [-0.2, 0) is 9.53 Å².